The lowest BCUT2D eigenvalue weighted by atomic mass is 9.96. The lowest BCUT2D eigenvalue weighted by Gasteiger charge is -2.20. The summed E-state index contributed by atoms with van der Waals surface area (Å²) < 4.78 is 5.26. The summed E-state index contributed by atoms with van der Waals surface area (Å²) in [5.41, 5.74) is -0.132. The first-order valence-electron chi connectivity index (χ1n) is 6.65. The average molecular weight is 267 g/mol. The normalized spacial score (nSPS) is 20.9. The summed E-state index contributed by atoms with van der Waals surface area (Å²) in [4.78, 5) is 17.3. The number of nitrogens with zero attached hydrogens (tertiary/aromatic N) is 3. The molecule has 106 valence electrons. The molecule has 1 unspecified atom stereocenters. The molecule has 19 heavy (non-hydrogen) atoms. The molecule has 1 aliphatic heterocycles. The monoisotopic (exact) mass is 267 g/mol. The molecule has 6 heteroatoms. The molecule has 6 nitrogen and oxygen atoms in total. The van der Waals surface area contributed by atoms with Gasteiger partial charge in [-0.25, -0.2) is 0 Å². The van der Waals surface area contributed by atoms with Gasteiger partial charge in [0.05, 0.1) is 13.0 Å². The van der Waals surface area contributed by atoms with Gasteiger partial charge in [-0.2, -0.15) is 4.98 Å². The van der Waals surface area contributed by atoms with Gasteiger partial charge in [0.15, 0.2) is 5.82 Å². The van der Waals surface area contributed by atoms with E-state index in [0.29, 0.717) is 18.3 Å². The molecule has 0 saturated carbocycles. The lowest BCUT2D eigenvalue weighted by Crippen LogP contribution is -2.31. The Hall–Kier alpha value is -1.43. The number of aliphatic carboxylic acids is 1. The smallest absolute Gasteiger partial charge is 0.304 e. The largest absolute Gasteiger partial charge is 0.481 e. The highest BCUT2D eigenvalue weighted by atomic mass is 16.5. The standard InChI is InChI=1S/C13H21N3O3/c1-13(2,3)12-14-10(19-15-12)8-16-6-4-5-9(16)7-11(17)18/h9H,4-8H2,1-3H3,(H,17,18). The second kappa shape index (κ2) is 5.28. The summed E-state index contributed by atoms with van der Waals surface area (Å²) in [7, 11) is 0. The Balaban J connectivity index is 2.00. The van der Waals surface area contributed by atoms with E-state index in [1.807, 2.05) is 20.8 Å². The highest BCUT2D eigenvalue weighted by molar-refractivity contribution is 5.67. The van der Waals surface area contributed by atoms with E-state index in [1.54, 1.807) is 0 Å². The first-order chi connectivity index (χ1) is 8.86. The van der Waals surface area contributed by atoms with Gasteiger partial charge >= 0.3 is 5.97 Å². The number of rotatable bonds is 4. The predicted octanol–water partition coefficient (Wildman–Crippen LogP) is 1.81. The highest BCUT2D eigenvalue weighted by Gasteiger charge is 2.29. The van der Waals surface area contributed by atoms with Crippen molar-refractivity contribution in [2.75, 3.05) is 6.54 Å². The molecular weight excluding hydrogens is 246 g/mol. The molecule has 0 aromatic carbocycles. The SMILES string of the molecule is CC(C)(C)c1noc(CN2CCCC2CC(=O)O)n1. The third-order valence-corrected chi connectivity index (χ3v) is 3.39. The molecule has 0 amide bonds. The van der Waals surface area contributed by atoms with Crippen LogP contribution < -0.4 is 0 Å². The van der Waals surface area contributed by atoms with Gasteiger partial charge in [0.2, 0.25) is 5.89 Å². The Labute approximate surface area is 112 Å². The van der Waals surface area contributed by atoms with Gasteiger partial charge in [-0.1, -0.05) is 25.9 Å². The van der Waals surface area contributed by atoms with Crippen LogP contribution in [-0.2, 0) is 16.8 Å². The number of hydrogen-bond acceptors (Lipinski definition) is 5. The summed E-state index contributed by atoms with van der Waals surface area (Å²) in [5.74, 6) is 0.511. The van der Waals surface area contributed by atoms with Gasteiger partial charge < -0.3 is 9.63 Å². The minimum atomic E-state index is -0.752. The van der Waals surface area contributed by atoms with Gasteiger partial charge in [-0.3, -0.25) is 9.69 Å². The van der Waals surface area contributed by atoms with E-state index >= 15 is 0 Å². The van der Waals surface area contributed by atoms with Crippen LogP contribution in [0.15, 0.2) is 4.52 Å². The van der Waals surface area contributed by atoms with E-state index in [2.05, 4.69) is 15.0 Å². The number of carbonyl (C=O) groups is 1. The van der Waals surface area contributed by atoms with Crippen molar-refractivity contribution in [2.24, 2.45) is 0 Å². The zero-order chi connectivity index (χ0) is 14.0. The molecule has 1 aliphatic rings. The molecule has 0 aliphatic carbocycles. The molecule has 1 atom stereocenters. The predicted molar refractivity (Wildman–Crippen MR) is 68.7 cm³/mol. The van der Waals surface area contributed by atoms with Crippen LogP contribution in [0, 0.1) is 0 Å². The number of hydrogen-bond donors (Lipinski definition) is 1. The van der Waals surface area contributed by atoms with Crippen molar-refractivity contribution in [3.05, 3.63) is 11.7 Å². The van der Waals surface area contributed by atoms with Crippen molar-refractivity contribution in [3.63, 3.8) is 0 Å². The maximum absolute atomic E-state index is 10.8. The van der Waals surface area contributed by atoms with Crippen molar-refractivity contribution in [1.82, 2.24) is 15.0 Å². The average Bonchev–Trinajstić information content (AvgIpc) is 2.88. The highest BCUT2D eigenvalue weighted by Crippen LogP contribution is 2.23. The molecule has 0 bridgehead atoms. The zero-order valence-electron chi connectivity index (χ0n) is 11.7. The summed E-state index contributed by atoms with van der Waals surface area (Å²) in [6.45, 7) is 7.53. The van der Waals surface area contributed by atoms with Crippen molar-refractivity contribution in [2.45, 2.75) is 58.0 Å². The van der Waals surface area contributed by atoms with Gasteiger partial charge in [-0.05, 0) is 19.4 Å². The van der Waals surface area contributed by atoms with E-state index in [1.165, 1.54) is 0 Å². The van der Waals surface area contributed by atoms with Crippen molar-refractivity contribution >= 4 is 5.97 Å². The topological polar surface area (TPSA) is 79.5 Å². The number of carboxylic acids is 1. The summed E-state index contributed by atoms with van der Waals surface area (Å²) in [5, 5.41) is 12.9. The van der Waals surface area contributed by atoms with E-state index in [9.17, 15) is 4.79 Å². The molecule has 1 fully saturated rings. The van der Waals surface area contributed by atoms with Crippen molar-refractivity contribution in [3.8, 4) is 0 Å². The van der Waals surface area contributed by atoms with Crippen LogP contribution >= 0.6 is 0 Å². The van der Waals surface area contributed by atoms with Crippen molar-refractivity contribution < 1.29 is 14.4 Å². The molecule has 1 aromatic rings. The first kappa shape index (κ1) is 14.0. The van der Waals surface area contributed by atoms with Gasteiger partial charge in [0, 0.05) is 11.5 Å². The fraction of sp³-hybridized carbons (Fsp3) is 0.769. The summed E-state index contributed by atoms with van der Waals surface area (Å²) in [6.07, 6.45) is 2.13. The molecule has 0 spiro atoms. The Bertz CT molecular complexity index is 450. The second-order valence-corrected chi connectivity index (χ2v) is 6.13. The number of carboxylic acid groups (broad SMARTS) is 1. The fourth-order valence-electron chi connectivity index (χ4n) is 2.33. The van der Waals surface area contributed by atoms with Crippen LogP contribution in [0.4, 0.5) is 0 Å². The molecule has 2 rings (SSSR count). The van der Waals surface area contributed by atoms with Crippen LogP contribution in [0.25, 0.3) is 0 Å². The summed E-state index contributed by atoms with van der Waals surface area (Å²) >= 11 is 0. The van der Waals surface area contributed by atoms with E-state index in [0.717, 1.165) is 19.4 Å². The van der Waals surface area contributed by atoms with E-state index < -0.39 is 5.97 Å². The Kier molecular flexibility index (Phi) is 3.89. The molecule has 0 radical (unpaired) electrons. The Morgan fingerprint density at radius 2 is 2.26 bits per heavy atom. The number of aromatic nitrogens is 2. The molecular formula is C13H21N3O3. The second-order valence-electron chi connectivity index (χ2n) is 6.13. The minimum Gasteiger partial charge on any atom is -0.481 e. The Morgan fingerprint density at radius 1 is 1.53 bits per heavy atom. The fourth-order valence-corrected chi connectivity index (χ4v) is 2.33. The third kappa shape index (κ3) is 3.53. The van der Waals surface area contributed by atoms with Crippen LogP contribution in [0.1, 0.15) is 51.7 Å². The molecule has 1 aromatic heterocycles. The molecule has 1 N–H and O–H groups in total. The summed E-state index contributed by atoms with van der Waals surface area (Å²) in [6, 6.07) is 0.0856. The maximum atomic E-state index is 10.8. The van der Waals surface area contributed by atoms with Gasteiger partial charge in [0.25, 0.3) is 0 Å². The Morgan fingerprint density at radius 3 is 2.84 bits per heavy atom. The van der Waals surface area contributed by atoms with E-state index in [4.69, 9.17) is 9.63 Å². The van der Waals surface area contributed by atoms with Gasteiger partial charge in [0.1, 0.15) is 0 Å². The third-order valence-electron chi connectivity index (χ3n) is 3.39. The van der Waals surface area contributed by atoms with Gasteiger partial charge in [-0.15, -0.1) is 0 Å². The maximum Gasteiger partial charge on any atom is 0.304 e. The molecule has 2 heterocycles. The number of likely N-dealkylation sites (tertiary alicyclic amines) is 1. The van der Waals surface area contributed by atoms with Crippen LogP contribution in [0.5, 0.6) is 0 Å². The van der Waals surface area contributed by atoms with Crippen molar-refractivity contribution in [1.29, 1.82) is 0 Å². The zero-order valence-corrected chi connectivity index (χ0v) is 11.7. The lowest BCUT2D eigenvalue weighted by molar-refractivity contribution is -0.138. The minimum absolute atomic E-state index is 0.0856. The van der Waals surface area contributed by atoms with Crippen LogP contribution in [0.3, 0.4) is 0 Å². The van der Waals surface area contributed by atoms with Crippen LogP contribution in [0.2, 0.25) is 0 Å². The first-order valence-corrected chi connectivity index (χ1v) is 6.65. The quantitative estimate of drug-likeness (QED) is 0.896. The van der Waals surface area contributed by atoms with E-state index in [-0.39, 0.29) is 17.9 Å². The molecule has 1 saturated heterocycles. The van der Waals surface area contributed by atoms with Crippen LogP contribution in [-0.4, -0.2) is 38.7 Å².